The summed E-state index contributed by atoms with van der Waals surface area (Å²) in [5, 5.41) is 3.54. The van der Waals surface area contributed by atoms with Gasteiger partial charge in [-0.15, -0.1) is 0 Å². The van der Waals surface area contributed by atoms with Crippen molar-refractivity contribution in [2.45, 2.75) is 85.0 Å². The molecule has 7 heteroatoms. The molecule has 1 aliphatic heterocycles. The number of benzene rings is 3. The first kappa shape index (κ1) is 30.6. The molecule has 0 bridgehead atoms. The van der Waals surface area contributed by atoms with Crippen LogP contribution in [-0.2, 0) is 28.9 Å². The number of halogens is 1. The quantitative estimate of drug-likeness (QED) is 0.193. The molecule has 0 amide bonds. The lowest BCUT2D eigenvalue weighted by Gasteiger charge is -2.37. The Morgan fingerprint density at radius 1 is 1.05 bits per heavy atom. The van der Waals surface area contributed by atoms with E-state index >= 15 is 0 Å². The van der Waals surface area contributed by atoms with E-state index in [1.165, 1.54) is 34.1 Å². The molecule has 0 fully saturated rings. The second kappa shape index (κ2) is 12.7. The van der Waals surface area contributed by atoms with Crippen molar-refractivity contribution in [1.82, 2.24) is 0 Å². The lowest BCUT2D eigenvalue weighted by atomic mass is 9.94. The van der Waals surface area contributed by atoms with Gasteiger partial charge in [-0.2, -0.15) is 0 Å². The van der Waals surface area contributed by atoms with Gasteiger partial charge in [0.2, 0.25) is 8.32 Å². The highest BCUT2D eigenvalue weighted by atomic mass is 28.4. The van der Waals surface area contributed by atoms with Gasteiger partial charge in [0.25, 0.3) is 0 Å². The highest BCUT2D eigenvalue weighted by Crippen LogP contribution is 2.40. The van der Waals surface area contributed by atoms with Gasteiger partial charge in [0.05, 0.1) is 6.61 Å². The van der Waals surface area contributed by atoms with Crippen molar-refractivity contribution >= 4 is 31.3 Å². The van der Waals surface area contributed by atoms with Crippen LogP contribution in [0.1, 0.15) is 62.8 Å². The maximum Gasteiger partial charge on any atom is 0.306 e. The van der Waals surface area contributed by atoms with Gasteiger partial charge in [-0.05, 0) is 110 Å². The Morgan fingerprint density at radius 2 is 1.76 bits per heavy atom. The summed E-state index contributed by atoms with van der Waals surface area (Å²) in [6.07, 6.45) is 2.67. The number of nitrogens with zero attached hydrogens (tertiary/aromatic N) is 1. The molecule has 1 aliphatic rings. The average molecular weight is 577 g/mol. The summed E-state index contributed by atoms with van der Waals surface area (Å²) in [4.78, 5) is 14.1. The highest BCUT2D eigenvalue weighted by molar-refractivity contribution is 6.74. The molecule has 3 aromatic rings. The zero-order chi connectivity index (χ0) is 29.8. The zero-order valence-electron chi connectivity index (χ0n) is 25.7. The van der Waals surface area contributed by atoms with Gasteiger partial charge >= 0.3 is 5.97 Å². The van der Waals surface area contributed by atoms with Crippen LogP contribution in [0.4, 0.5) is 21.5 Å². The van der Waals surface area contributed by atoms with Crippen LogP contribution in [0.15, 0.2) is 54.6 Å². The van der Waals surface area contributed by atoms with Crippen LogP contribution < -0.4 is 14.6 Å². The Labute approximate surface area is 246 Å². The number of anilines is 3. The third-order valence-electron chi connectivity index (χ3n) is 8.49. The van der Waals surface area contributed by atoms with Crippen LogP contribution in [0.2, 0.25) is 18.1 Å². The number of hydrogen-bond acceptors (Lipinski definition) is 5. The van der Waals surface area contributed by atoms with Crippen molar-refractivity contribution in [2.75, 3.05) is 23.4 Å². The van der Waals surface area contributed by atoms with Gasteiger partial charge in [-0.3, -0.25) is 4.79 Å². The summed E-state index contributed by atoms with van der Waals surface area (Å²) in [7, 11) is -1.90. The fourth-order valence-electron chi connectivity index (χ4n) is 5.03. The molecule has 0 unspecified atom stereocenters. The SMILES string of the molecule is CCOC(=O)CCc1ccc(NCc2ccc3c(c2C)N(c2ccc(O[Si](C)(C)C(C)(C)C)cc2)CCC3)cc1F. The number of carbonyl (C=O) groups excluding carboxylic acids is 1. The molecule has 0 aliphatic carbocycles. The Kier molecular flexibility index (Phi) is 9.47. The van der Waals surface area contributed by atoms with Gasteiger partial charge in [-0.25, -0.2) is 4.39 Å². The number of fused-ring (bicyclic) bond motifs is 1. The molecule has 0 saturated carbocycles. The second-order valence-corrected chi connectivity index (χ2v) is 17.2. The number of hydrogen-bond donors (Lipinski definition) is 1. The van der Waals surface area contributed by atoms with Crippen molar-refractivity contribution in [3.05, 3.63) is 82.7 Å². The average Bonchev–Trinajstić information content (AvgIpc) is 2.92. The first-order valence-electron chi connectivity index (χ1n) is 14.8. The van der Waals surface area contributed by atoms with Crippen LogP contribution in [0.25, 0.3) is 0 Å². The molecule has 41 heavy (non-hydrogen) atoms. The second-order valence-electron chi connectivity index (χ2n) is 12.4. The minimum Gasteiger partial charge on any atom is -0.544 e. The molecular weight excluding hydrogens is 531 g/mol. The van der Waals surface area contributed by atoms with Crippen LogP contribution in [0.5, 0.6) is 5.75 Å². The van der Waals surface area contributed by atoms with Gasteiger partial charge in [-0.1, -0.05) is 39.0 Å². The van der Waals surface area contributed by atoms with Gasteiger partial charge in [0, 0.05) is 36.6 Å². The summed E-state index contributed by atoms with van der Waals surface area (Å²) in [6, 6.07) is 18.1. The predicted octanol–water partition coefficient (Wildman–Crippen LogP) is 8.71. The Hall–Kier alpha value is -3.32. The van der Waals surface area contributed by atoms with Crippen molar-refractivity contribution in [3.8, 4) is 5.75 Å². The molecule has 0 atom stereocenters. The molecule has 0 spiro atoms. The largest absolute Gasteiger partial charge is 0.544 e. The summed E-state index contributed by atoms with van der Waals surface area (Å²) in [6.45, 7) is 17.2. The Morgan fingerprint density at radius 3 is 2.41 bits per heavy atom. The van der Waals surface area contributed by atoms with Crippen LogP contribution in [-0.4, -0.2) is 27.4 Å². The van der Waals surface area contributed by atoms with Gasteiger partial charge in [0.1, 0.15) is 11.6 Å². The smallest absolute Gasteiger partial charge is 0.306 e. The molecular formula is C34H45FN2O3Si. The fourth-order valence-corrected chi connectivity index (χ4v) is 6.07. The molecule has 0 radical (unpaired) electrons. The molecule has 220 valence electrons. The molecule has 0 aromatic heterocycles. The minimum absolute atomic E-state index is 0.150. The molecule has 4 rings (SSSR count). The third kappa shape index (κ3) is 7.31. The zero-order valence-corrected chi connectivity index (χ0v) is 26.7. The number of ether oxygens (including phenoxy) is 1. The van der Waals surface area contributed by atoms with E-state index in [-0.39, 0.29) is 23.2 Å². The number of carbonyl (C=O) groups is 1. The normalized spacial score (nSPS) is 13.5. The molecule has 0 saturated heterocycles. The first-order valence-corrected chi connectivity index (χ1v) is 17.7. The summed E-state index contributed by atoms with van der Waals surface area (Å²) in [5.41, 5.74) is 7.45. The van der Waals surface area contributed by atoms with E-state index < -0.39 is 8.32 Å². The Bertz CT molecular complexity index is 1370. The van der Waals surface area contributed by atoms with E-state index in [4.69, 9.17) is 9.16 Å². The van der Waals surface area contributed by atoms with Crippen molar-refractivity contribution in [2.24, 2.45) is 0 Å². The first-order chi connectivity index (χ1) is 19.4. The van der Waals surface area contributed by atoms with Crippen molar-refractivity contribution in [1.29, 1.82) is 0 Å². The fraction of sp³-hybridized carbons (Fsp3) is 0.441. The van der Waals surface area contributed by atoms with E-state index in [0.29, 0.717) is 30.8 Å². The molecule has 1 heterocycles. The van der Waals surface area contributed by atoms with E-state index in [0.717, 1.165) is 25.1 Å². The number of aryl methyl sites for hydroxylation is 2. The Balaban J connectivity index is 1.47. The summed E-state index contributed by atoms with van der Waals surface area (Å²) in [5.74, 6) is 0.321. The monoisotopic (exact) mass is 576 g/mol. The standard InChI is InChI=1S/C34H45FN2O3Si/c1-8-39-32(38)20-14-25-13-15-28(22-31(25)35)36-23-27-12-11-26-10-9-21-37(33(26)24(27)2)29-16-18-30(19-17-29)40-41(6,7)34(3,4)5/h11-13,15-19,22,36H,8-10,14,20-21,23H2,1-7H3. The summed E-state index contributed by atoms with van der Waals surface area (Å²) < 4.78 is 26.2. The molecule has 1 N–H and O–H groups in total. The predicted molar refractivity (Wildman–Crippen MR) is 169 cm³/mol. The lowest BCUT2D eigenvalue weighted by molar-refractivity contribution is -0.143. The third-order valence-corrected chi connectivity index (χ3v) is 12.9. The van der Waals surface area contributed by atoms with E-state index in [1.807, 2.05) is 6.07 Å². The van der Waals surface area contributed by atoms with E-state index in [1.54, 1.807) is 13.0 Å². The van der Waals surface area contributed by atoms with Crippen LogP contribution >= 0.6 is 0 Å². The lowest BCUT2D eigenvalue weighted by Crippen LogP contribution is -2.43. The maximum absolute atomic E-state index is 14.7. The van der Waals surface area contributed by atoms with Gasteiger partial charge < -0.3 is 19.4 Å². The van der Waals surface area contributed by atoms with Crippen LogP contribution in [0.3, 0.4) is 0 Å². The van der Waals surface area contributed by atoms with E-state index in [2.05, 4.69) is 87.4 Å². The topological polar surface area (TPSA) is 50.8 Å². The highest BCUT2D eigenvalue weighted by Gasteiger charge is 2.39. The molecule has 3 aromatic carbocycles. The van der Waals surface area contributed by atoms with Crippen molar-refractivity contribution < 1.29 is 18.3 Å². The minimum atomic E-state index is -1.90. The number of esters is 1. The maximum atomic E-state index is 14.7. The van der Waals surface area contributed by atoms with Crippen molar-refractivity contribution in [3.63, 3.8) is 0 Å². The number of nitrogens with one attached hydrogen (secondary N) is 1. The van der Waals surface area contributed by atoms with Gasteiger partial charge in [0.15, 0.2) is 0 Å². The summed E-state index contributed by atoms with van der Waals surface area (Å²) >= 11 is 0. The van der Waals surface area contributed by atoms with Crippen LogP contribution in [0, 0.1) is 12.7 Å². The van der Waals surface area contributed by atoms with E-state index in [9.17, 15) is 9.18 Å². The number of rotatable bonds is 10. The molecule has 5 nitrogen and oxygen atoms in total.